The first-order chi connectivity index (χ1) is 3.39. The average Bonchev–Trinajstić information content (AvgIpc) is 1.69. The van der Waals surface area contributed by atoms with Crippen molar-refractivity contribution in [2.75, 3.05) is 0 Å². The van der Waals surface area contributed by atoms with Gasteiger partial charge in [0.1, 0.15) is 5.75 Å². The molecule has 0 heterocycles. The number of hydrogen-bond acceptors (Lipinski definition) is 1. The van der Waals surface area contributed by atoms with Gasteiger partial charge in [0.05, 0.1) is 0 Å². The molecule has 0 aliphatic rings. The summed E-state index contributed by atoms with van der Waals surface area (Å²) in [6.07, 6.45) is 0. The number of phenols is 1. The van der Waals surface area contributed by atoms with E-state index in [1.807, 2.05) is 6.07 Å². The first-order valence-corrected chi connectivity index (χ1v) is 2.13. The van der Waals surface area contributed by atoms with Crippen LogP contribution in [0, 0.1) is 0 Å². The van der Waals surface area contributed by atoms with E-state index in [1.165, 1.54) is 0 Å². The lowest BCUT2D eigenvalue weighted by molar-refractivity contribution is 0.475. The van der Waals surface area contributed by atoms with Crippen molar-refractivity contribution >= 4 is 0 Å². The van der Waals surface area contributed by atoms with Crippen molar-refractivity contribution in [1.82, 2.24) is 0 Å². The van der Waals surface area contributed by atoms with Gasteiger partial charge in [0.25, 0.3) is 0 Å². The molecule has 0 unspecified atom stereocenters. The number of phenolic OH excluding ortho intramolecular Hbond substituents is 1. The van der Waals surface area contributed by atoms with E-state index in [-0.39, 0.29) is 27.4 Å². The fourth-order valence-electron chi connectivity index (χ4n) is 0.428. The molecule has 0 amide bonds. The predicted molar refractivity (Wildman–Crippen MR) is 46.2 cm³/mol. The van der Waals surface area contributed by atoms with Crippen LogP contribution in [-0.4, -0.2) is 32.5 Å². The van der Waals surface area contributed by atoms with Crippen LogP contribution in [-0.2, 0) is 0 Å². The molecule has 0 radical (unpaired) electrons. The smallest absolute Gasteiger partial charge is 0.115 e. The van der Waals surface area contributed by atoms with Crippen molar-refractivity contribution in [1.29, 1.82) is 0 Å². The molecule has 1 aromatic rings. The van der Waals surface area contributed by atoms with Gasteiger partial charge in [-0.05, 0) is 12.1 Å². The molecule has 0 aliphatic carbocycles. The highest BCUT2D eigenvalue weighted by atomic mass is 16.3. The zero-order valence-electron chi connectivity index (χ0n) is 6.33. The Morgan fingerprint density at radius 1 is 0.667 bits per heavy atom. The zero-order chi connectivity index (χ0) is 5.11. The minimum atomic E-state index is 0. The Morgan fingerprint density at radius 2 is 1.00 bits per heavy atom. The van der Waals surface area contributed by atoms with Gasteiger partial charge in [0, 0.05) is 0 Å². The average molecular weight is 184 g/mol. The van der Waals surface area contributed by atoms with E-state index in [4.69, 9.17) is 5.11 Å². The third kappa shape index (κ3) is 11.6. The van der Waals surface area contributed by atoms with E-state index in [9.17, 15) is 0 Å². The van der Waals surface area contributed by atoms with E-state index >= 15 is 0 Å². The molecule has 0 saturated heterocycles. The fourth-order valence-corrected chi connectivity index (χ4v) is 0.428. The number of para-hydroxylation sites is 1. The summed E-state index contributed by atoms with van der Waals surface area (Å²) in [6.45, 7) is 0. The van der Waals surface area contributed by atoms with Crippen LogP contribution < -0.4 is 0 Å². The summed E-state index contributed by atoms with van der Waals surface area (Å²) in [5.41, 5.74) is 0. The largest absolute Gasteiger partial charge is 0.508 e. The van der Waals surface area contributed by atoms with E-state index in [1.54, 1.807) is 24.3 Å². The number of benzene rings is 1. The van der Waals surface area contributed by atoms with Crippen molar-refractivity contribution in [2.24, 2.45) is 0 Å². The highest BCUT2D eigenvalue weighted by Crippen LogP contribution is 2.02. The highest BCUT2D eigenvalue weighted by Gasteiger charge is 1.74. The number of hydrogen-bond donors (Lipinski definition) is 1. The molecule has 0 bridgehead atoms. The van der Waals surface area contributed by atoms with Crippen LogP contribution in [0.3, 0.4) is 0 Å². The molecular formula is C6H16O6. The highest BCUT2D eigenvalue weighted by molar-refractivity contribution is 5.18. The van der Waals surface area contributed by atoms with Gasteiger partial charge >= 0.3 is 0 Å². The summed E-state index contributed by atoms with van der Waals surface area (Å²) in [5.74, 6) is 0.322. The molecule has 6 heteroatoms. The molecule has 12 heavy (non-hydrogen) atoms. The van der Waals surface area contributed by atoms with Gasteiger partial charge in [-0.1, -0.05) is 18.2 Å². The molecular weight excluding hydrogens is 168 g/mol. The molecule has 0 aliphatic heterocycles. The fraction of sp³-hybridized carbons (Fsp3) is 0. The Balaban J connectivity index is -0.0000000327. The van der Waals surface area contributed by atoms with E-state index < -0.39 is 0 Å². The first kappa shape index (κ1) is 30.8. The van der Waals surface area contributed by atoms with Crippen LogP contribution in [0.4, 0.5) is 0 Å². The quantitative estimate of drug-likeness (QED) is 0.452. The molecule has 1 rings (SSSR count). The molecule has 0 spiro atoms. The minimum Gasteiger partial charge on any atom is -0.508 e. The Hall–Kier alpha value is -1.18. The van der Waals surface area contributed by atoms with Crippen LogP contribution in [0.1, 0.15) is 0 Å². The van der Waals surface area contributed by atoms with Crippen molar-refractivity contribution in [3.05, 3.63) is 30.3 Å². The molecule has 0 fully saturated rings. The van der Waals surface area contributed by atoms with Gasteiger partial charge in [0.15, 0.2) is 0 Å². The molecule has 0 aromatic heterocycles. The predicted octanol–water partition coefficient (Wildman–Crippen LogP) is -2.73. The Kier molecular flexibility index (Phi) is 42.2. The maximum absolute atomic E-state index is 8.63. The normalized spacial score (nSPS) is 5.00. The van der Waals surface area contributed by atoms with Crippen molar-refractivity contribution in [3.63, 3.8) is 0 Å². The van der Waals surface area contributed by atoms with E-state index in [2.05, 4.69) is 0 Å². The van der Waals surface area contributed by atoms with Crippen LogP contribution in [0.15, 0.2) is 30.3 Å². The van der Waals surface area contributed by atoms with Crippen molar-refractivity contribution in [3.8, 4) is 5.75 Å². The second-order valence-corrected chi connectivity index (χ2v) is 1.34. The second kappa shape index (κ2) is 16.4. The lowest BCUT2D eigenvalue weighted by atomic mass is 10.3. The van der Waals surface area contributed by atoms with Crippen LogP contribution in [0.25, 0.3) is 0 Å². The molecule has 6 nitrogen and oxygen atoms in total. The van der Waals surface area contributed by atoms with Crippen LogP contribution >= 0.6 is 0 Å². The van der Waals surface area contributed by atoms with Gasteiger partial charge in [-0.15, -0.1) is 0 Å². The Labute approximate surface area is 69.6 Å². The monoisotopic (exact) mass is 184 g/mol. The number of aromatic hydroxyl groups is 1. The third-order valence-electron chi connectivity index (χ3n) is 0.756. The standard InChI is InChI=1S/C6H6O.5H2O/c7-6-4-2-1-3-5-6;;;;;/h1-5,7H;5*1H2. The Bertz CT molecular complexity index is 142. The second-order valence-electron chi connectivity index (χ2n) is 1.34. The summed E-state index contributed by atoms with van der Waals surface area (Å²) < 4.78 is 0. The van der Waals surface area contributed by atoms with Gasteiger partial charge in [-0.2, -0.15) is 0 Å². The topological polar surface area (TPSA) is 178 Å². The van der Waals surface area contributed by atoms with Crippen LogP contribution in [0.2, 0.25) is 0 Å². The molecule has 0 atom stereocenters. The Morgan fingerprint density at radius 3 is 1.17 bits per heavy atom. The molecule has 0 saturated carbocycles. The summed E-state index contributed by atoms with van der Waals surface area (Å²) in [4.78, 5) is 0. The van der Waals surface area contributed by atoms with Gasteiger partial charge < -0.3 is 32.5 Å². The maximum Gasteiger partial charge on any atom is 0.115 e. The summed E-state index contributed by atoms with van der Waals surface area (Å²) in [7, 11) is 0. The molecule has 1 aromatic carbocycles. The first-order valence-electron chi connectivity index (χ1n) is 2.13. The van der Waals surface area contributed by atoms with Gasteiger partial charge in [-0.3, -0.25) is 0 Å². The summed E-state index contributed by atoms with van der Waals surface area (Å²) in [6, 6.07) is 8.71. The SMILES string of the molecule is O.O.O.O.O.Oc1ccccc1. The van der Waals surface area contributed by atoms with Gasteiger partial charge in [-0.25, -0.2) is 0 Å². The van der Waals surface area contributed by atoms with E-state index in [0.29, 0.717) is 5.75 Å². The zero-order valence-corrected chi connectivity index (χ0v) is 6.33. The third-order valence-corrected chi connectivity index (χ3v) is 0.756. The lowest BCUT2D eigenvalue weighted by Gasteiger charge is -1.82. The summed E-state index contributed by atoms with van der Waals surface area (Å²) in [5, 5.41) is 8.63. The lowest BCUT2D eigenvalue weighted by Crippen LogP contribution is -1.56. The molecule has 76 valence electrons. The van der Waals surface area contributed by atoms with E-state index in [0.717, 1.165) is 0 Å². The minimum absolute atomic E-state index is 0. The van der Waals surface area contributed by atoms with Gasteiger partial charge in [0.2, 0.25) is 0 Å². The van der Waals surface area contributed by atoms with Crippen molar-refractivity contribution in [2.45, 2.75) is 0 Å². The number of rotatable bonds is 0. The summed E-state index contributed by atoms with van der Waals surface area (Å²) >= 11 is 0. The molecule has 11 N–H and O–H groups in total. The van der Waals surface area contributed by atoms with Crippen molar-refractivity contribution < 1.29 is 32.5 Å². The maximum atomic E-state index is 8.63. The van der Waals surface area contributed by atoms with Crippen LogP contribution in [0.5, 0.6) is 5.75 Å².